The number of anilines is 1. The van der Waals surface area contributed by atoms with Crippen LogP contribution in [0.15, 0.2) is 23.3 Å². The van der Waals surface area contributed by atoms with E-state index in [0.29, 0.717) is 6.54 Å². The summed E-state index contributed by atoms with van der Waals surface area (Å²) in [7, 11) is 0. The Balaban J connectivity index is 0.00000264. The van der Waals surface area contributed by atoms with Crippen molar-refractivity contribution in [1.29, 1.82) is 0 Å². The van der Waals surface area contributed by atoms with Crippen LogP contribution >= 0.6 is 24.0 Å². The number of pyridine rings is 1. The molecular weight excluding hydrogens is 401 g/mol. The van der Waals surface area contributed by atoms with Gasteiger partial charge in [0.2, 0.25) is 0 Å². The minimum Gasteiger partial charge on any atom is -0.357 e. The second-order valence-corrected chi connectivity index (χ2v) is 5.92. The summed E-state index contributed by atoms with van der Waals surface area (Å²) >= 11 is 0. The zero-order valence-corrected chi connectivity index (χ0v) is 16.8. The van der Waals surface area contributed by atoms with E-state index in [-0.39, 0.29) is 24.0 Å². The second kappa shape index (κ2) is 10.7. The number of nitrogens with zero attached hydrogens (tertiary/aromatic N) is 3. The molecule has 23 heavy (non-hydrogen) atoms. The lowest BCUT2D eigenvalue weighted by Crippen LogP contribution is -2.37. The molecule has 0 saturated carbocycles. The molecule has 6 heteroatoms. The van der Waals surface area contributed by atoms with Crippen LogP contribution in [0, 0.1) is 5.92 Å². The van der Waals surface area contributed by atoms with Gasteiger partial charge in [0.1, 0.15) is 5.82 Å². The number of piperidine rings is 1. The average Bonchev–Trinajstić information content (AvgIpc) is 2.54. The zero-order valence-electron chi connectivity index (χ0n) is 14.5. The number of halogens is 1. The number of aliphatic imine (C=N–C) groups is 1. The Labute approximate surface area is 157 Å². The van der Waals surface area contributed by atoms with E-state index in [4.69, 9.17) is 0 Å². The Hall–Kier alpha value is -1.05. The van der Waals surface area contributed by atoms with Gasteiger partial charge >= 0.3 is 0 Å². The van der Waals surface area contributed by atoms with Crippen LogP contribution < -0.4 is 15.5 Å². The van der Waals surface area contributed by atoms with Crippen molar-refractivity contribution in [1.82, 2.24) is 15.6 Å². The van der Waals surface area contributed by atoms with Crippen molar-refractivity contribution in [3.05, 3.63) is 23.9 Å². The van der Waals surface area contributed by atoms with Gasteiger partial charge in [0.25, 0.3) is 0 Å². The molecule has 0 atom stereocenters. The highest BCUT2D eigenvalue weighted by molar-refractivity contribution is 14.0. The molecule has 1 aliphatic rings. The molecule has 0 spiro atoms. The molecule has 0 radical (unpaired) electrons. The van der Waals surface area contributed by atoms with Crippen LogP contribution in [0.4, 0.5) is 5.82 Å². The van der Waals surface area contributed by atoms with Crippen molar-refractivity contribution in [2.45, 2.75) is 40.2 Å². The van der Waals surface area contributed by atoms with Crippen LogP contribution in [-0.4, -0.2) is 37.1 Å². The monoisotopic (exact) mass is 431 g/mol. The first-order valence-electron chi connectivity index (χ1n) is 8.45. The SMILES string of the molecule is CCNC(=NCc1ccc(N2CCC(C)CC2)nc1)NCC.I. The van der Waals surface area contributed by atoms with E-state index in [1.807, 2.05) is 6.20 Å². The Morgan fingerprint density at radius 1 is 1.22 bits per heavy atom. The fourth-order valence-corrected chi connectivity index (χ4v) is 2.61. The van der Waals surface area contributed by atoms with Gasteiger partial charge in [-0.1, -0.05) is 13.0 Å². The summed E-state index contributed by atoms with van der Waals surface area (Å²) in [4.78, 5) is 11.6. The predicted molar refractivity (Wildman–Crippen MR) is 109 cm³/mol. The number of rotatable bonds is 5. The van der Waals surface area contributed by atoms with Gasteiger partial charge < -0.3 is 15.5 Å². The van der Waals surface area contributed by atoms with E-state index >= 15 is 0 Å². The zero-order chi connectivity index (χ0) is 15.8. The highest BCUT2D eigenvalue weighted by Gasteiger charge is 2.16. The molecule has 0 aliphatic carbocycles. The number of hydrogen-bond acceptors (Lipinski definition) is 3. The summed E-state index contributed by atoms with van der Waals surface area (Å²) in [6, 6.07) is 4.26. The summed E-state index contributed by atoms with van der Waals surface area (Å²) in [5.41, 5.74) is 1.14. The molecule has 2 N–H and O–H groups in total. The third-order valence-corrected chi connectivity index (χ3v) is 4.02. The quantitative estimate of drug-likeness (QED) is 0.428. The maximum Gasteiger partial charge on any atom is 0.191 e. The van der Waals surface area contributed by atoms with Crippen molar-refractivity contribution in [3.8, 4) is 0 Å². The topological polar surface area (TPSA) is 52.6 Å². The molecule has 130 valence electrons. The summed E-state index contributed by atoms with van der Waals surface area (Å²) in [6.07, 6.45) is 4.48. The van der Waals surface area contributed by atoms with Crippen LogP contribution in [0.1, 0.15) is 39.2 Å². The smallest absolute Gasteiger partial charge is 0.191 e. The largest absolute Gasteiger partial charge is 0.357 e. The van der Waals surface area contributed by atoms with Crippen LogP contribution in [0.5, 0.6) is 0 Å². The fourth-order valence-electron chi connectivity index (χ4n) is 2.61. The van der Waals surface area contributed by atoms with Crippen LogP contribution in [0.3, 0.4) is 0 Å². The van der Waals surface area contributed by atoms with E-state index in [0.717, 1.165) is 49.4 Å². The first kappa shape index (κ1) is 20.0. The first-order valence-corrected chi connectivity index (χ1v) is 8.45. The van der Waals surface area contributed by atoms with Crippen molar-refractivity contribution < 1.29 is 0 Å². The van der Waals surface area contributed by atoms with E-state index < -0.39 is 0 Å². The molecular formula is C17H30IN5. The first-order chi connectivity index (χ1) is 10.7. The van der Waals surface area contributed by atoms with Crippen molar-refractivity contribution >= 4 is 35.8 Å². The van der Waals surface area contributed by atoms with Gasteiger partial charge in [-0.05, 0) is 44.2 Å². The molecule has 0 amide bonds. The third kappa shape index (κ3) is 6.53. The maximum atomic E-state index is 4.61. The van der Waals surface area contributed by atoms with Crippen molar-refractivity contribution in [2.75, 3.05) is 31.1 Å². The Morgan fingerprint density at radius 2 is 1.87 bits per heavy atom. The molecule has 1 aromatic rings. The summed E-state index contributed by atoms with van der Waals surface area (Å²) in [5, 5.41) is 6.46. The van der Waals surface area contributed by atoms with Gasteiger partial charge in [-0.2, -0.15) is 0 Å². The summed E-state index contributed by atoms with van der Waals surface area (Å²) < 4.78 is 0. The molecule has 2 rings (SSSR count). The Bertz CT molecular complexity index is 458. The molecule has 2 heterocycles. The number of hydrogen-bond donors (Lipinski definition) is 2. The van der Waals surface area contributed by atoms with E-state index in [9.17, 15) is 0 Å². The van der Waals surface area contributed by atoms with E-state index in [1.54, 1.807) is 0 Å². The van der Waals surface area contributed by atoms with Crippen LogP contribution in [0.2, 0.25) is 0 Å². The average molecular weight is 431 g/mol. The van der Waals surface area contributed by atoms with E-state index in [2.05, 4.69) is 58.4 Å². The molecule has 5 nitrogen and oxygen atoms in total. The molecule has 0 bridgehead atoms. The minimum atomic E-state index is 0. The van der Waals surface area contributed by atoms with E-state index in [1.165, 1.54) is 12.8 Å². The van der Waals surface area contributed by atoms with Gasteiger partial charge in [0.05, 0.1) is 6.54 Å². The number of aromatic nitrogens is 1. The van der Waals surface area contributed by atoms with Gasteiger partial charge in [-0.25, -0.2) is 9.98 Å². The molecule has 1 aliphatic heterocycles. The molecule has 1 fully saturated rings. The van der Waals surface area contributed by atoms with Gasteiger partial charge in [0.15, 0.2) is 5.96 Å². The van der Waals surface area contributed by atoms with Gasteiger partial charge in [0, 0.05) is 32.4 Å². The van der Waals surface area contributed by atoms with Crippen LogP contribution in [0.25, 0.3) is 0 Å². The third-order valence-electron chi connectivity index (χ3n) is 4.02. The fraction of sp³-hybridized carbons (Fsp3) is 0.647. The van der Waals surface area contributed by atoms with Gasteiger partial charge in [-0.3, -0.25) is 0 Å². The standard InChI is InChI=1S/C17H29N5.HI/c1-4-18-17(19-5-2)21-13-15-6-7-16(20-12-15)22-10-8-14(3)9-11-22;/h6-7,12,14H,4-5,8-11,13H2,1-3H3,(H2,18,19,21);1H. The maximum absolute atomic E-state index is 4.61. The number of nitrogens with one attached hydrogen (secondary N) is 2. The van der Waals surface area contributed by atoms with Crippen molar-refractivity contribution in [3.63, 3.8) is 0 Å². The molecule has 1 aromatic heterocycles. The lowest BCUT2D eigenvalue weighted by molar-refractivity contribution is 0.436. The molecule has 0 unspecified atom stereocenters. The molecule has 1 saturated heterocycles. The number of guanidine groups is 1. The normalized spacial score (nSPS) is 14.8. The summed E-state index contributed by atoms with van der Waals surface area (Å²) in [5.74, 6) is 2.80. The summed E-state index contributed by atoms with van der Waals surface area (Å²) in [6.45, 7) is 11.1. The van der Waals surface area contributed by atoms with Crippen molar-refractivity contribution in [2.24, 2.45) is 10.9 Å². The van der Waals surface area contributed by atoms with Crippen LogP contribution in [-0.2, 0) is 6.54 Å². The Kier molecular flexibility index (Phi) is 9.28. The lowest BCUT2D eigenvalue weighted by atomic mass is 9.99. The highest BCUT2D eigenvalue weighted by atomic mass is 127. The highest BCUT2D eigenvalue weighted by Crippen LogP contribution is 2.21. The van der Waals surface area contributed by atoms with Gasteiger partial charge in [-0.15, -0.1) is 24.0 Å². The second-order valence-electron chi connectivity index (χ2n) is 5.92. The molecule has 0 aromatic carbocycles. The minimum absolute atomic E-state index is 0. The Morgan fingerprint density at radius 3 is 2.39 bits per heavy atom. The predicted octanol–water partition coefficient (Wildman–Crippen LogP) is 3.01. The lowest BCUT2D eigenvalue weighted by Gasteiger charge is -2.31.